The fraction of sp³-hybridized carbons (Fsp3) is 0.786. The Morgan fingerprint density at radius 2 is 2.22 bits per heavy atom. The van der Waals surface area contributed by atoms with Gasteiger partial charge in [-0.1, -0.05) is 13.8 Å². The Labute approximate surface area is 110 Å². The van der Waals surface area contributed by atoms with E-state index in [2.05, 4.69) is 49.1 Å². The molecule has 0 amide bonds. The Morgan fingerprint density at radius 3 is 2.78 bits per heavy atom. The maximum atomic E-state index is 4.49. The topological polar surface area (TPSA) is 33.1 Å². The minimum atomic E-state index is 0.197. The van der Waals surface area contributed by atoms with Gasteiger partial charge in [-0.2, -0.15) is 5.10 Å². The zero-order valence-corrected chi connectivity index (χ0v) is 12.3. The van der Waals surface area contributed by atoms with Crippen LogP contribution in [0, 0.1) is 5.92 Å². The minimum Gasteiger partial charge on any atom is -0.311 e. The Morgan fingerprint density at radius 1 is 1.50 bits per heavy atom. The molecule has 1 aromatic rings. The second kappa shape index (κ2) is 5.02. The van der Waals surface area contributed by atoms with Crippen LogP contribution in [0.25, 0.3) is 0 Å². The lowest BCUT2D eigenvalue weighted by molar-refractivity contribution is 0.0462. The van der Waals surface area contributed by atoms with Gasteiger partial charge in [-0.15, -0.1) is 0 Å². The molecule has 2 heterocycles. The average Bonchev–Trinajstić information content (AvgIpc) is 2.67. The first-order chi connectivity index (χ1) is 8.38. The predicted molar refractivity (Wildman–Crippen MR) is 74.3 cm³/mol. The fourth-order valence-corrected chi connectivity index (χ4v) is 2.51. The monoisotopic (exact) mass is 250 g/mol. The van der Waals surface area contributed by atoms with Crippen LogP contribution >= 0.6 is 0 Å². The van der Waals surface area contributed by atoms with Crippen molar-refractivity contribution in [1.29, 1.82) is 0 Å². The highest BCUT2D eigenvalue weighted by molar-refractivity contribution is 5.02. The largest absolute Gasteiger partial charge is 0.311 e. The number of nitrogens with one attached hydrogen (secondary N) is 1. The van der Waals surface area contributed by atoms with Crippen molar-refractivity contribution in [1.82, 2.24) is 20.0 Å². The molecule has 18 heavy (non-hydrogen) atoms. The molecule has 2 rings (SSSR count). The van der Waals surface area contributed by atoms with Gasteiger partial charge in [-0.3, -0.25) is 9.58 Å². The maximum absolute atomic E-state index is 4.49. The molecule has 1 atom stereocenters. The molecule has 0 saturated carbocycles. The van der Waals surface area contributed by atoms with E-state index in [-0.39, 0.29) is 5.54 Å². The van der Waals surface area contributed by atoms with E-state index in [4.69, 9.17) is 0 Å². The van der Waals surface area contributed by atoms with Crippen LogP contribution in [0.15, 0.2) is 12.3 Å². The van der Waals surface area contributed by atoms with Crippen LogP contribution in [-0.2, 0) is 13.6 Å². The van der Waals surface area contributed by atoms with Crippen molar-refractivity contribution in [3.05, 3.63) is 18.0 Å². The molecule has 1 unspecified atom stereocenters. The zero-order chi connectivity index (χ0) is 13.3. The van der Waals surface area contributed by atoms with Crippen LogP contribution in [0.1, 0.15) is 33.4 Å². The van der Waals surface area contributed by atoms with E-state index < -0.39 is 0 Å². The quantitative estimate of drug-likeness (QED) is 0.885. The molecular formula is C14H26N4. The van der Waals surface area contributed by atoms with Gasteiger partial charge in [-0.05, 0) is 25.8 Å². The first-order valence-corrected chi connectivity index (χ1v) is 6.85. The second-order valence-corrected chi connectivity index (χ2v) is 6.41. The number of nitrogens with zero attached hydrogens (tertiary/aromatic N) is 3. The highest BCUT2D eigenvalue weighted by Crippen LogP contribution is 2.23. The molecule has 0 bridgehead atoms. The van der Waals surface area contributed by atoms with Crippen molar-refractivity contribution in [3.63, 3.8) is 0 Å². The van der Waals surface area contributed by atoms with Gasteiger partial charge in [0.25, 0.3) is 0 Å². The summed E-state index contributed by atoms with van der Waals surface area (Å²) in [6.07, 6.45) is 2.02. The summed E-state index contributed by atoms with van der Waals surface area (Å²) in [5.74, 6) is 0.673. The summed E-state index contributed by atoms with van der Waals surface area (Å²) in [7, 11) is 1.98. The summed E-state index contributed by atoms with van der Waals surface area (Å²) in [4.78, 5) is 2.55. The van der Waals surface area contributed by atoms with Crippen molar-refractivity contribution >= 4 is 0 Å². The molecule has 1 aliphatic rings. The molecule has 0 aromatic carbocycles. The highest BCUT2D eigenvalue weighted by atomic mass is 15.3. The van der Waals surface area contributed by atoms with Crippen LogP contribution in [0.3, 0.4) is 0 Å². The third kappa shape index (κ3) is 2.93. The summed E-state index contributed by atoms with van der Waals surface area (Å²) < 4.78 is 1.88. The molecular weight excluding hydrogens is 224 g/mol. The third-order valence-electron chi connectivity index (χ3n) is 4.00. The van der Waals surface area contributed by atoms with Crippen molar-refractivity contribution in [3.8, 4) is 0 Å². The average molecular weight is 250 g/mol. The summed E-state index contributed by atoms with van der Waals surface area (Å²) >= 11 is 0. The third-order valence-corrected chi connectivity index (χ3v) is 4.00. The first kappa shape index (κ1) is 13.6. The molecule has 4 heteroatoms. The van der Waals surface area contributed by atoms with Gasteiger partial charge in [-0.25, -0.2) is 0 Å². The van der Waals surface area contributed by atoms with E-state index in [9.17, 15) is 0 Å². The Bertz CT molecular complexity index is 394. The van der Waals surface area contributed by atoms with Crippen LogP contribution in [0.5, 0.6) is 0 Å². The van der Waals surface area contributed by atoms with Crippen molar-refractivity contribution in [2.75, 3.05) is 13.1 Å². The number of aromatic nitrogens is 2. The SMILES string of the molecule is CC(C)C1CN(Cc2ccn(C)n2)C(C)(C)CN1. The van der Waals surface area contributed by atoms with Gasteiger partial charge in [0.15, 0.2) is 0 Å². The fourth-order valence-electron chi connectivity index (χ4n) is 2.51. The Hall–Kier alpha value is -0.870. The number of aryl methyl sites for hydroxylation is 1. The molecule has 0 spiro atoms. The number of piperazine rings is 1. The van der Waals surface area contributed by atoms with E-state index in [1.807, 2.05) is 17.9 Å². The van der Waals surface area contributed by atoms with Gasteiger partial charge < -0.3 is 5.32 Å². The van der Waals surface area contributed by atoms with Crippen molar-refractivity contribution in [2.24, 2.45) is 13.0 Å². The molecule has 1 aliphatic heterocycles. The molecule has 1 saturated heterocycles. The predicted octanol–water partition coefficient (Wildman–Crippen LogP) is 1.63. The minimum absolute atomic E-state index is 0.197. The first-order valence-electron chi connectivity index (χ1n) is 6.85. The summed E-state index contributed by atoms with van der Waals surface area (Å²) in [6, 6.07) is 2.70. The lowest BCUT2D eigenvalue weighted by Gasteiger charge is -2.47. The molecule has 4 nitrogen and oxygen atoms in total. The van der Waals surface area contributed by atoms with Crippen molar-refractivity contribution in [2.45, 2.75) is 45.8 Å². The zero-order valence-electron chi connectivity index (χ0n) is 12.3. The smallest absolute Gasteiger partial charge is 0.0764 e. The van der Waals surface area contributed by atoms with Gasteiger partial charge in [0.05, 0.1) is 5.69 Å². The maximum Gasteiger partial charge on any atom is 0.0764 e. The lowest BCUT2D eigenvalue weighted by Crippen LogP contribution is -2.62. The van der Waals surface area contributed by atoms with E-state index in [1.54, 1.807) is 0 Å². The van der Waals surface area contributed by atoms with Gasteiger partial charge in [0, 0.05) is 44.5 Å². The standard InChI is InChI=1S/C14H26N4/c1-11(2)13-9-18(14(3,4)10-15-13)8-12-6-7-17(5)16-12/h6-7,11,13,15H,8-10H2,1-5H3. The number of hydrogen-bond donors (Lipinski definition) is 1. The number of rotatable bonds is 3. The van der Waals surface area contributed by atoms with Crippen molar-refractivity contribution < 1.29 is 0 Å². The van der Waals surface area contributed by atoms with E-state index in [0.717, 1.165) is 25.3 Å². The van der Waals surface area contributed by atoms with Crippen LogP contribution < -0.4 is 5.32 Å². The lowest BCUT2D eigenvalue weighted by atomic mass is 9.93. The van der Waals surface area contributed by atoms with E-state index in [0.29, 0.717) is 12.0 Å². The summed E-state index contributed by atoms with van der Waals surface area (Å²) in [6.45, 7) is 12.3. The number of hydrogen-bond acceptors (Lipinski definition) is 3. The normalized spacial score (nSPS) is 24.7. The van der Waals surface area contributed by atoms with E-state index >= 15 is 0 Å². The molecule has 1 N–H and O–H groups in total. The summed E-state index contributed by atoms with van der Waals surface area (Å²) in [5.41, 5.74) is 1.36. The highest BCUT2D eigenvalue weighted by Gasteiger charge is 2.35. The molecule has 0 aliphatic carbocycles. The molecule has 0 radical (unpaired) electrons. The van der Waals surface area contributed by atoms with Crippen LogP contribution in [0.2, 0.25) is 0 Å². The molecule has 102 valence electrons. The summed E-state index contributed by atoms with van der Waals surface area (Å²) in [5, 5.41) is 8.16. The van der Waals surface area contributed by atoms with E-state index in [1.165, 1.54) is 0 Å². The van der Waals surface area contributed by atoms with Gasteiger partial charge in [0.2, 0.25) is 0 Å². The second-order valence-electron chi connectivity index (χ2n) is 6.41. The Kier molecular flexibility index (Phi) is 3.78. The van der Waals surface area contributed by atoms with Crippen LogP contribution in [0.4, 0.5) is 0 Å². The van der Waals surface area contributed by atoms with Gasteiger partial charge >= 0.3 is 0 Å². The Balaban J connectivity index is 2.07. The van der Waals surface area contributed by atoms with Crippen LogP contribution in [-0.4, -0.2) is 39.4 Å². The molecule has 1 fully saturated rings. The van der Waals surface area contributed by atoms with Gasteiger partial charge in [0.1, 0.15) is 0 Å². The molecule has 1 aromatic heterocycles.